The van der Waals surface area contributed by atoms with Crippen LogP contribution >= 0.6 is 0 Å². The summed E-state index contributed by atoms with van der Waals surface area (Å²) in [7, 11) is 0. The molecule has 0 saturated carbocycles. The molecule has 2 heterocycles. The molecule has 3 aliphatic rings. The van der Waals surface area contributed by atoms with Gasteiger partial charge >= 0.3 is 6.03 Å². The highest BCUT2D eigenvalue weighted by molar-refractivity contribution is 6.04. The zero-order valence-electron chi connectivity index (χ0n) is 14.8. The van der Waals surface area contributed by atoms with Crippen molar-refractivity contribution in [2.75, 3.05) is 39.3 Å². The number of amides is 4. The van der Waals surface area contributed by atoms with Crippen LogP contribution in [0.4, 0.5) is 4.79 Å². The summed E-state index contributed by atoms with van der Waals surface area (Å²) < 4.78 is 0. The molecule has 1 aromatic carbocycles. The lowest BCUT2D eigenvalue weighted by atomic mass is 9.87. The second kappa shape index (κ2) is 7.07. The average Bonchev–Trinajstić information content (AvgIpc) is 2.99. The van der Waals surface area contributed by atoms with Gasteiger partial charge in [0.1, 0.15) is 6.54 Å². The van der Waals surface area contributed by atoms with Gasteiger partial charge in [0.25, 0.3) is 5.91 Å². The second-order valence-corrected chi connectivity index (χ2v) is 7.22. The SMILES string of the molecule is O=C(CN1C(=O)CNC1=O)N1CCN([C@H]2CCc3ccccc3C2)CC1. The maximum Gasteiger partial charge on any atom is 0.325 e. The Morgan fingerprint density at radius 1 is 1.08 bits per heavy atom. The number of hydrogen-bond donors (Lipinski definition) is 1. The Hall–Kier alpha value is -2.41. The van der Waals surface area contributed by atoms with Crippen LogP contribution in [0.5, 0.6) is 0 Å². The fourth-order valence-electron chi connectivity index (χ4n) is 4.18. The van der Waals surface area contributed by atoms with Gasteiger partial charge in [-0.2, -0.15) is 0 Å². The number of carbonyl (C=O) groups is 3. The van der Waals surface area contributed by atoms with Crippen LogP contribution in [-0.2, 0) is 22.4 Å². The fourth-order valence-corrected chi connectivity index (χ4v) is 4.18. The smallest absolute Gasteiger partial charge is 0.325 e. The Kier molecular flexibility index (Phi) is 4.63. The molecule has 4 amide bonds. The molecule has 138 valence electrons. The number of aryl methyl sites for hydroxylation is 1. The quantitative estimate of drug-likeness (QED) is 0.788. The van der Waals surface area contributed by atoms with Gasteiger partial charge in [-0.25, -0.2) is 4.79 Å². The predicted octanol–water partition coefficient (Wildman–Crippen LogP) is 0.240. The van der Waals surface area contributed by atoms with Gasteiger partial charge in [-0.05, 0) is 30.4 Å². The molecule has 2 saturated heterocycles. The fraction of sp³-hybridized carbons (Fsp3) is 0.526. The van der Waals surface area contributed by atoms with Crippen LogP contribution in [-0.4, -0.2) is 77.9 Å². The van der Waals surface area contributed by atoms with Gasteiger partial charge in [0.15, 0.2) is 0 Å². The van der Waals surface area contributed by atoms with Crippen molar-refractivity contribution in [3.05, 3.63) is 35.4 Å². The van der Waals surface area contributed by atoms with Crippen LogP contribution in [0.2, 0.25) is 0 Å². The van der Waals surface area contributed by atoms with E-state index in [4.69, 9.17) is 0 Å². The van der Waals surface area contributed by atoms with Gasteiger partial charge in [0.2, 0.25) is 5.91 Å². The Labute approximate surface area is 152 Å². The van der Waals surface area contributed by atoms with Gasteiger partial charge in [-0.15, -0.1) is 0 Å². The summed E-state index contributed by atoms with van der Waals surface area (Å²) in [6.45, 7) is 2.84. The minimum atomic E-state index is -0.470. The minimum Gasteiger partial charge on any atom is -0.339 e. The predicted molar refractivity (Wildman–Crippen MR) is 95.5 cm³/mol. The third kappa shape index (κ3) is 3.31. The lowest BCUT2D eigenvalue weighted by molar-refractivity contribution is -0.138. The molecule has 7 nitrogen and oxygen atoms in total. The first kappa shape index (κ1) is 17.0. The first-order valence-electron chi connectivity index (χ1n) is 9.28. The molecule has 26 heavy (non-hydrogen) atoms. The largest absolute Gasteiger partial charge is 0.339 e. The van der Waals surface area contributed by atoms with Crippen molar-refractivity contribution in [1.29, 1.82) is 0 Å². The van der Waals surface area contributed by atoms with Gasteiger partial charge < -0.3 is 10.2 Å². The summed E-state index contributed by atoms with van der Waals surface area (Å²) in [5, 5.41) is 2.44. The molecule has 1 N–H and O–H groups in total. The molecule has 0 aromatic heterocycles. The zero-order valence-corrected chi connectivity index (χ0v) is 14.8. The van der Waals surface area contributed by atoms with Gasteiger partial charge in [0, 0.05) is 32.2 Å². The van der Waals surface area contributed by atoms with E-state index in [1.165, 1.54) is 11.1 Å². The van der Waals surface area contributed by atoms with Crippen molar-refractivity contribution >= 4 is 17.8 Å². The summed E-state index contributed by atoms with van der Waals surface area (Å²) in [5.41, 5.74) is 2.91. The molecular weight excluding hydrogens is 332 g/mol. The number of nitrogens with zero attached hydrogens (tertiary/aromatic N) is 3. The highest BCUT2D eigenvalue weighted by Crippen LogP contribution is 2.25. The Morgan fingerprint density at radius 2 is 1.81 bits per heavy atom. The van der Waals surface area contributed by atoms with E-state index in [-0.39, 0.29) is 24.9 Å². The number of piperazine rings is 1. The van der Waals surface area contributed by atoms with E-state index in [1.54, 1.807) is 4.90 Å². The molecule has 1 aliphatic carbocycles. The van der Waals surface area contributed by atoms with Gasteiger partial charge in [-0.1, -0.05) is 24.3 Å². The topological polar surface area (TPSA) is 73.0 Å². The van der Waals surface area contributed by atoms with Crippen molar-refractivity contribution in [2.45, 2.75) is 25.3 Å². The van der Waals surface area contributed by atoms with Gasteiger partial charge in [0.05, 0.1) is 6.54 Å². The third-order valence-corrected chi connectivity index (χ3v) is 5.73. The molecule has 4 rings (SSSR count). The van der Waals surface area contributed by atoms with Crippen LogP contribution in [0.25, 0.3) is 0 Å². The van der Waals surface area contributed by atoms with Crippen LogP contribution in [0.1, 0.15) is 17.5 Å². The van der Waals surface area contributed by atoms with Crippen LogP contribution in [0, 0.1) is 0 Å². The number of carbonyl (C=O) groups excluding carboxylic acids is 3. The van der Waals surface area contributed by atoms with Crippen molar-refractivity contribution in [3.63, 3.8) is 0 Å². The first-order valence-corrected chi connectivity index (χ1v) is 9.28. The summed E-state index contributed by atoms with van der Waals surface area (Å²) in [6.07, 6.45) is 3.35. The van der Waals surface area contributed by atoms with E-state index < -0.39 is 6.03 Å². The van der Waals surface area contributed by atoms with E-state index in [9.17, 15) is 14.4 Å². The standard InChI is InChI=1S/C19H24N4O3/c24-17-12-20-19(26)23(17)13-18(25)22-9-7-21(8-10-22)16-6-5-14-3-1-2-4-15(14)11-16/h1-4,16H,5-13H2,(H,20,26)/t16-/m0/s1. The Morgan fingerprint density at radius 3 is 2.50 bits per heavy atom. The first-order chi connectivity index (χ1) is 12.6. The molecule has 7 heteroatoms. The normalized spacial score (nSPS) is 23.8. The summed E-state index contributed by atoms with van der Waals surface area (Å²) in [6, 6.07) is 8.72. The highest BCUT2D eigenvalue weighted by atomic mass is 16.2. The monoisotopic (exact) mass is 356 g/mol. The van der Waals surface area contributed by atoms with Gasteiger partial charge in [-0.3, -0.25) is 19.4 Å². The molecule has 1 atom stereocenters. The number of rotatable bonds is 3. The third-order valence-electron chi connectivity index (χ3n) is 5.73. The summed E-state index contributed by atoms with van der Waals surface area (Å²) >= 11 is 0. The van der Waals surface area contributed by atoms with E-state index >= 15 is 0 Å². The molecule has 2 fully saturated rings. The number of imide groups is 1. The van der Waals surface area contributed by atoms with Crippen LogP contribution in [0.15, 0.2) is 24.3 Å². The minimum absolute atomic E-state index is 0.0109. The van der Waals surface area contributed by atoms with Crippen LogP contribution < -0.4 is 5.32 Å². The number of fused-ring (bicyclic) bond motifs is 1. The number of benzene rings is 1. The van der Waals surface area contributed by atoms with Crippen molar-refractivity contribution in [2.24, 2.45) is 0 Å². The maximum absolute atomic E-state index is 12.4. The zero-order chi connectivity index (χ0) is 18.1. The second-order valence-electron chi connectivity index (χ2n) is 7.22. The highest BCUT2D eigenvalue weighted by Gasteiger charge is 2.33. The molecule has 0 unspecified atom stereocenters. The van der Waals surface area contributed by atoms with Crippen molar-refractivity contribution < 1.29 is 14.4 Å². The summed E-state index contributed by atoms with van der Waals surface area (Å²) in [5.74, 6) is -0.480. The van der Waals surface area contributed by atoms with E-state index in [1.807, 2.05) is 0 Å². The maximum atomic E-state index is 12.4. The van der Waals surface area contributed by atoms with E-state index in [2.05, 4.69) is 34.5 Å². The van der Waals surface area contributed by atoms with Crippen molar-refractivity contribution in [1.82, 2.24) is 20.0 Å². The van der Waals surface area contributed by atoms with Crippen molar-refractivity contribution in [3.8, 4) is 0 Å². The lowest BCUT2D eigenvalue weighted by Gasteiger charge is -2.41. The molecule has 0 radical (unpaired) electrons. The van der Waals surface area contributed by atoms with E-state index in [0.29, 0.717) is 19.1 Å². The molecule has 2 aliphatic heterocycles. The number of hydrogen-bond acceptors (Lipinski definition) is 4. The van der Waals surface area contributed by atoms with E-state index in [0.717, 1.165) is 37.3 Å². The molecular formula is C19H24N4O3. The number of nitrogens with one attached hydrogen (secondary N) is 1. The lowest BCUT2D eigenvalue weighted by Crippen LogP contribution is -2.55. The Bertz CT molecular complexity index is 711. The average molecular weight is 356 g/mol. The molecule has 0 spiro atoms. The number of urea groups is 1. The summed E-state index contributed by atoms with van der Waals surface area (Å²) in [4.78, 5) is 40.9. The molecule has 1 aromatic rings. The van der Waals surface area contributed by atoms with Crippen LogP contribution in [0.3, 0.4) is 0 Å². The molecule has 0 bridgehead atoms. The Balaban J connectivity index is 1.30.